The Kier molecular flexibility index (Phi) is 6.08. The minimum absolute atomic E-state index is 0.0385. The molecule has 6 heteroatoms. The van der Waals surface area contributed by atoms with Crippen LogP contribution < -0.4 is 10.6 Å². The monoisotopic (exact) mass is 565 g/mol. The number of allylic oxidation sites excluding steroid dienone is 1. The quantitative estimate of drug-likeness (QED) is 0.158. The Morgan fingerprint density at radius 1 is 0.881 bits per heavy atom. The highest BCUT2D eigenvalue weighted by Gasteiger charge is 2.42. The molecular formula is C36H27N3O2S. The van der Waals surface area contributed by atoms with Crippen molar-refractivity contribution >= 4 is 50.0 Å². The van der Waals surface area contributed by atoms with Gasteiger partial charge in [0.15, 0.2) is 0 Å². The predicted molar refractivity (Wildman–Crippen MR) is 172 cm³/mol. The van der Waals surface area contributed by atoms with Gasteiger partial charge in [-0.1, -0.05) is 91.0 Å². The second-order valence-corrected chi connectivity index (χ2v) is 11.8. The predicted octanol–water partition coefficient (Wildman–Crippen LogP) is 8.87. The van der Waals surface area contributed by atoms with E-state index in [0.29, 0.717) is 16.8 Å². The molecule has 2 unspecified atom stereocenters. The lowest BCUT2D eigenvalue weighted by molar-refractivity contribution is 0.487. The smallest absolute Gasteiger partial charge is 0.345 e. The average Bonchev–Trinajstić information content (AvgIpc) is 3.68. The molecule has 1 saturated carbocycles. The Bertz CT molecular complexity index is 2060. The van der Waals surface area contributed by atoms with Gasteiger partial charge in [-0.05, 0) is 64.9 Å². The van der Waals surface area contributed by atoms with Crippen LogP contribution in [0.4, 0.5) is 5.13 Å². The summed E-state index contributed by atoms with van der Waals surface area (Å²) in [5, 5.41) is 13.1. The molecule has 1 fully saturated rings. The fraction of sp³-hybridized carbons (Fsp3) is 0.139. The summed E-state index contributed by atoms with van der Waals surface area (Å²) in [6.07, 6.45) is 5.48. The van der Waals surface area contributed by atoms with Crippen molar-refractivity contribution in [1.82, 2.24) is 4.98 Å². The van der Waals surface area contributed by atoms with E-state index in [1.807, 2.05) is 41.8 Å². The highest BCUT2D eigenvalue weighted by molar-refractivity contribution is 7.14. The maximum atomic E-state index is 13.2. The number of hydrazone groups is 1. The van der Waals surface area contributed by atoms with E-state index >= 15 is 0 Å². The largest absolute Gasteiger partial charge is 0.422 e. The van der Waals surface area contributed by atoms with Gasteiger partial charge in [0.1, 0.15) is 5.58 Å². The number of hydrogen-bond donors (Lipinski definition) is 0. The average molecular weight is 566 g/mol. The summed E-state index contributed by atoms with van der Waals surface area (Å²) >= 11 is 1.52. The molecule has 1 aliphatic carbocycles. The molecule has 0 saturated heterocycles. The first-order valence-corrected chi connectivity index (χ1v) is 15.2. The van der Waals surface area contributed by atoms with Gasteiger partial charge in [0.05, 0.1) is 23.0 Å². The van der Waals surface area contributed by atoms with Crippen molar-refractivity contribution in [2.45, 2.75) is 25.3 Å². The maximum Gasteiger partial charge on any atom is 0.345 e. The van der Waals surface area contributed by atoms with E-state index in [-0.39, 0.29) is 17.6 Å². The van der Waals surface area contributed by atoms with Crippen LogP contribution in [0.3, 0.4) is 0 Å². The zero-order valence-corrected chi connectivity index (χ0v) is 23.6. The molecule has 0 bridgehead atoms. The van der Waals surface area contributed by atoms with Gasteiger partial charge >= 0.3 is 5.63 Å². The molecule has 2 atom stereocenters. The summed E-state index contributed by atoms with van der Waals surface area (Å²) < 4.78 is 5.79. The number of aromatic nitrogens is 1. The van der Waals surface area contributed by atoms with Crippen LogP contribution in [0.2, 0.25) is 0 Å². The van der Waals surface area contributed by atoms with Crippen LogP contribution in [0.5, 0.6) is 0 Å². The highest BCUT2D eigenvalue weighted by atomic mass is 32.1. The van der Waals surface area contributed by atoms with Gasteiger partial charge in [-0.15, -0.1) is 11.3 Å². The zero-order chi connectivity index (χ0) is 28.0. The standard InChI is InChI=1S/C36H27N3O2S/c40-35-30(21-29-27-16-8-7-12-24(27)18-19-32(29)41-35)31-22-42-36(37-31)39-34(25-13-5-2-6-14-25)28-17-9-15-26(33(28)38-39)20-23-10-3-1-4-11-23/h1-8,10-14,16,18-22,28,34H,9,15,17H2/b26-20+. The first-order valence-electron chi connectivity index (χ1n) is 14.3. The molecule has 6 aromatic rings. The van der Waals surface area contributed by atoms with Crippen LogP contribution in [0.1, 0.15) is 36.4 Å². The molecule has 8 rings (SSSR count). The molecular weight excluding hydrogens is 538 g/mol. The third-order valence-electron chi connectivity index (χ3n) is 8.39. The Hall–Kier alpha value is -4.81. The van der Waals surface area contributed by atoms with Crippen molar-refractivity contribution in [3.8, 4) is 11.3 Å². The van der Waals surface area contributed by atoms with E-state index in [1.165, 1.54) is 28.0 Å². The normalized spacial score (nSPS) is 19.4. The van der Waals surface area contributed by atoms with E-state index in [0.717, 1.165) is 46.3 Å². The number of hydrogen-bond acceptors (Lipinski definition) is 6. The zero-order valence-electron chi connectivity index (χ0n) is 22.8. The fourth-order valence-electron chi connectivity index (χ4n) is 6.44. The topological polar surface area (TPSA) is 58.7 Å². The number of fused-ring (bicyclic) bond motifs is 4. The minimum Gasteiger partial charge on any atom is -0.422 e. The number of anilines is 1. The second kappa shape index (κ2) is 10.2. The van der Waals surface area contributed by atoms with E-state index in [2.05, 4.69) is 77.8 Å². The van der Waals surface area contributed by atoms with Crippen molar-refractivity contribution in [3.05, 3.63) is 136 Å². The SMILES string of the molecule is O=c1oc2ccc3ccccc3c2cc1-c1csc(N2N=C3/C(=C/c4ccccc4)CCCC3C2c2ccccc2)n1. The molecule has 1 aliphatic heterocycles. The van der Waals surface area contributed by atoms with E-state index in [9.17, 15) is 4.79 Å². The van der Waals surface area contributed by atoms with Gasteiger partial charge in [-0.25, -0.2) is 14.8 Å². The molecule has 204 valence electrons. The Labute approximate surface area is 247 Å². The van der Waals surface area contributed by atoms with Crippen molar-refractivity contribution in [1.29, 1.82) is 0 Å². The fourth-order valence-corrected chi connectivity index (χ4v) is 7.25. The van der Waals surface area contributed by atoms with Crippen LogP contribution in [0.25, 0.3) is 39.1 Å². The lowest BCUT2D eigenvalue weighted by Gasteiger charge is -2.29. The summed E-state index contributed by atoms with van der Waals surface area (Å²) in [7, 11) is 0. The minimum atomic E-state index is -0.385. The number of thiazole rings is 1. The first-order chi connectivity index (χ1) is 20.7. The lowest BCUT2D eigenvalue weighted by atomic mass is 9.77. The van der Waals surface area contributed by atoms with E-state index in [4.69, 9.17) is 14.5 Å². The van der Waals surface area contributed by atoms with Gasteiger partial charge in [0.25, 0.3) is 0 Å². The Morgan fingerprint density at radius 3 is 2.52 bits per heavy atom. The molecule has 0 spiro atoms. The third-order valence-corrected chi connectivity index (χ3v) is 9.22. The summed E-state index contributed by atoms with van der Waals surface area (Å²) in [6.45, 7) is 0. The van der Waals surface area contributed by atoms with Crippen LogP contribution in [0.15, 0.2) is 128 Å². The van der Waals surface area contributed by atoms with Crippen molar-refractivity contribution in [2.75, 3.05) is 5.01 Å². The van der Waals surface area contributed by atoms with Gasteiger partial charge in [0, 0.05) is 16.7 Å². The molecule has 2 aliphatic rings. The molecule has 42 heavy (non-hydrogen) atoms. The summed E-state index contributed by atoms with van der Waals surface area (Å²) in [6, 6.07) is 35.0. The van der Waals surface area contributed by atoms with Crippen LogP contribution >= 0.6 is 11.3 Å². The van der Waals surface area contributed by atoms with Gasteiger partial charge in [0.2, 0.25) is 5.13 Å². The van der Waals surface area contributed by atoms with E-state index in [1.54, 1.807) is 0 Å². The van der Waals surface area contributed by atoms with Crippen LogP contribution in [-0.2, 0) is 0 Å². The molecule has 5 nitrogen and oxygen atoms in total. The third kappa shape index (κ3) is 4.27. The summed E-state index contributed by atoms with van der Waals surface area (Å²) in [5.41, 5.74) is 6.12. The highest BCUT2D eigenvalue weighted by Crippen LogP contribution is 2.47. The molecule has 3 heterocycles. The summed E-state index contributed by atoms with van der Waals surface area (Å²) in [4.78, 5) is 18.2. The number of rotatable bonds is 4. The van der Waals surface area contributed by atoms with Gasteiger partial charge in [-0.3, -0.25) is 0 Å². The second-order valence-electron chi connectivity index (χ2n) is 10.9. The van der Waals surface area contributed by atoms with Crippen LogP contribution in [0, 0.1) is 5.92 Å². The maximum absolute atomic E-state index is 13.2. The van der Waals surface area contributed by atoms with Crippen LogP contribution in [-0.4, -0.2) is 10.7 Å². The van der Waals surface area contributed by atoms with Crippen molar-refractivity contribution in [2.24, 2.45) is 11.0 Å². The molecule has 2 aromatic heterocycles. The van der Waals surface area contributed by atoms with E-state index < -0.39 is 0 Å². The lowest BCUT2D eigenvalue weighted by Crippen LogP contribution is -2.28. The molecule has 0 amide bonds. The van der Waals surface area contributed by atoms with Crippen molar-refractivity contribution < 1.29 is 4.42 Å². The Balaban J connectivity index is 1.23. The number of benzene rings is 4. The summed E-state index contributed by atoms with van der Waals surface area (Å²) in [5.74, 6) is 0.264. The molecule has 4 aromatic carbocycles. The Morgan fingerprint density at radius 2 is 1.67 bits per heavy atom. The number of nitrogens with zero attached hydrogens (tertiary/aromatic N) is 3. The molecule has 0 radical (unpaired) electrons. The van der Waals surface area contributed by atoms with Gasteiger partial charge < -0.3 is 4.42 Å². The first kappa shape index (κ1) is 24.9. The molecule has 0 N–H and O–H groups in total. The van der Waals surface area contributed by atoms with Crippen molar-refractivity contribution in [3.63, 3.8) is 0 Å². The van der Waals surface area contributed by atoms with Gasteiger partial charge in [-0.2, -0.15) is 5.10 Å².